The lowest BCUT2D eigenvalue weighted by atomic mass is 10.2. The van der Waals surface area contributed by atoms with Gasteiger partial charge in [0.05, 0.1) is 10.6 Å². The molecule has 0 saturated carbocycles. The number of rotatable bonds is 4. The molecule has 0 aliphatic rings. The molecule has 0 bridgehead atoms. The summed E-state index contributed by atoms with van der Waals surface area (Å²) in [4.78, 5) is 11.3. The van der Waals surface area contributed by atoms with Crippen LogP contribution in [0.5, 0.6) is 0 Å². The van der Waals surface area contributed by atoms with Gasteiger partial charge in [0.25, 0.3) is 10.0 Å². The molecular weight excluding hydrogens is 310 g/mol. The van der Waals surface area contributed by atoms with Crippen molar-refractivity contribution in [2.24, 2.45) is 0 Å². The highest BCUT2D eigenvalue weighted by atomic mass is 32.2. The predicted octanol–water partition coefficient (Wildman–Crippen LogP) is 3.17. The van der Waals surface area contributed by atoms with Crippen LogP contribution in [0.4, 0.5) is 5.69 Å². The van der Waals surface area contributed by atoms with E-state index in [1.165, 1.54) is 0 Å². The molecule has 0 aliphatic carbocycles. The molecule has 0 atom stereocenters. The van der Waals surface area contributed by atoms with Crippen LogP contribution in [0.1, 0.15) is 26.4 Å². The van der Waals surface area contributed by atoms with Gasteiger partial charge in [0, 0.05) is 0 Å². The zero-order valence-corrected chi connectivity index (χ0v) is 13.4. The van der Waals surface area contributed by atoms with Crippen LogP contribution in [0.15, 0.2) is 28.5 Å². The van der Waals surface area contributed by atoms with Crippen LogP contribution in [0, 0.1) is 20.8 Å². The molecule has 1 heterocycles. The van der Waals surface area contributed by atoms with Crippen LogP contribution >= 0.6 is 11.3 Å². The van der Waals surface area contributed by atoms with E-state index in [1.54, 1.807) is 38.3 Å². The average molecular weight is 325 g/mol. The van der Waals surface area contributed by atoms with Crippen molar-refractivity contribution in [2.45, 2.75) is 25.7 Å². The summed E-state index contributed by atoms with van der Waals surface area (Å²) in [5, 5.41) is 10.7. The van der Waals surface area contributed by atoms with Crippen molar-refractivity contribution < 1.29 is 18.3 Å². The van der Waals surface area contributed by atoms with E-state index in [0.29, 0.717) is 11.1 Å². The number of hydrogen-bond donors (Lipinski definition) is 2. The summed E-state index contributed by atoms with van der Waals surface area (Å²) in [6.45, 7) is 5.17. The Balaban J connectivity index is 2.50. The van der Waals surface area contributed by atoms with Gasteiger partial charge in [0.1, 0.15) is 4.88 Å². The Bertz CT molecular complexity index is 806. The highest BCUT2D eigenvalue weighted by molar-refractivity contribution is 7.92. The lowest BCUT2D eigenvalue weighted by Crippen LogP contribution is -2.16. The van der Waals surface area contributed by atoms with Crippen molar-refractivity contribution in [2.75, 3.05) is 4.72 Å². The van der Waals surface area contributed by atoms with Crippen LogP contribution in [0.2, 0.25) is 0 Å². The lowest BCUT2D eigenvalue weighted by Gasteiger charge is -2.11. The number of aryl methyl sites for hydroxylation is 3. The highest BCUT2D eigenvalue weighted by Crippen LogP contribution is 2.30. The molecule has 1 aromatic heterocycles. The first-order valence-electron chi connectivity index (χ1n) is 6.14. The third kappa shape index (κ3) is 3.08. The molecule has 0 saturated heterocycles. The van der Waals surface area contributed by atoms with E-state index in [-0.39, 0.29) is 15.5 Å². The first-order chi connectivity index (χ1) is 9.72. The fourth-order valence-electron chi connectivity index (χ4n) is 1.91. The summed E-state index contributed by atoms with van der Waals surface area (Å²) in [6, 6.07) is 5.12. The molecular formula is C14H15NO4S2. The van der Waals surface area contributed by atoms with E-state index < -0.39 is 16.0 Å². The SMILES string of the molecule is Cc1ccc(C)c(S(=O)(=O)Nc2c(C)csc2C(=O)O)c1. The smallest absolute Gasteiger partial charge is 0.348 e. The molecule has 0 unspecified atom stereocenters. The topological polar surface area (TPSA) is 83.5 Å². The average Bonchev–Trinajstić information content (AvgIpc) is 2.73. The van der Waals surface area contributed by atoms with Gasteiger partial charge in [-0.3, -0.25) is 4.72 Å². The fraction of sp³-hybridized carbons (Fsp3) is 0.214. The summed E-state index contributed by atoms with van der Waals surface area (Å²) in [5.41, 5.74) is 2.15. The van der Waals surface area contributed by atoms with Crippen LogP contribution < -0.4 is 4.72 Å². The fourth-order valence-corrected chi connectivity index (χ4v) is 4.30. The largest absolute Gasteiger partial charge is 0.477 e. The number of hydrogen-bond acceptors (Lipinski definition) is 4. The third-order valence-electron chi connectivity index (χ3n) is 3.04. The van der Waals surface area contributed by atoms with E-state index in [4.69, 9.17) is 5.11 Å². The minimum absolute atomic E-state index is 0.0126. The van der Waals surface area contributed by atoms with Gasteiger partial charge in [-0.2, -0.15) is 0 Å². The quantitative estimate of drug-likeness (QED) is 0.904. The standard InChI is InChI=1S/C14H15NO4S2/c1-8-4-5-9(2)11(6-8)21(18,19)15-12-10(3)7-20-13(12)14(16)17/h4-7,15H,1-3H3,(H,16,17). The number of aromatic carboxylic acids is 1. The Kier molecular flexibility index (Phi) is 4.06. The van der Waals surface area contributed by atoms with Crippen molar-refractivity contribution in [3.05, 3.63) is 45.1 Å². The number of nitrogens with one attached hydrogen (secondary N) is 1. The Labute approximate surface area is 127 Å². The van der Waals surface area contributed by atoms with Crippen molar-refractivity contribution in [3.8, 4) is 0 Å². The Morgan fingerprint density at radius 3 is 2.48 bits per heavy atom. The van der Waals surface area contributed by atoms with E-state index >= 15 is 0 Å². The molecule has 2 N–H and O–H groups in total. The first-order valence-corrected chi connectivity index (χ1v) is 8.50. The van der Waals surface area contributed by atoms with Gasteiger partial charge in [-0.25, -0.2) is 13.2 Å². The number of carboxylic acids is 1. The Morgan fingerprint density at radius 2 is 1.86 bits per heavy atom. The van der Waals surface area contributed by atoms with Crippen LogP contribution in [0.3, 0.4) is 0 Å². The number of benzene rings is 1. The Morgan fingerprint density at radius 1 is 1.19 bits per heavy atom. The van der Waals surface area contributed by atoms with Gasteiger partial charge in [-0.1, -0.05) is 12.1 Å². The second kappa shape index (κ2) is 5.50. The molecule has 112 valence electrons. The van der Waals surface area contributed by atoms with Crippen molar-refractivity contribution in [3.63, 3.8) is 0 Å². The van der Waals surface area contributed by atoms with Crippen molar-refractivity contribution in [1.82, 2.24) is 0 Å². The summed E-state index contributed by atoms with van der Waals surface area (Å²) < 4.78 is 27.4. The first kappa shape index (κ1) is 15.5. The number of sulfonamides is 1. The van der Waals surface area contributed by atoms with Gasteiger partial charge in [-0.15, -0.1) is 11.3 Å². The molecule has 0 aliphatic heterocycles. The molecule has 5 nitrogen and oxygen atoms in total. The van der Waals surface area contributed by atoms with Gasteiger partial charge in [0.15, 0.2) is 0 Å². The minimum Gasteiger partial charge on any atom is -0.477 e. The van der Waals surface area contributed by atoms with Gasteiger partial charge >= 0.3 is 5.97 Å². The number of carboxylic acid groups (broad SMARTS) is 1. The van der Waals surface area contributed by atoms with E-state index in [0.717, 1.165) is 16.9 Å². The maximum atomic E-state index is 12.5. The number of carbonyl (C=O) groups is 1. The maximum Gasteiger partial charge on any atom is 0.348 e. The normalized spacial score (nSPS) is 11.4. The van der Waals surface area contributed by atoms with Gasteiger partial charge in [-0.05, 0) is 48.9 Å². The molecule has 0 spiro atoms. The third-order valence-corrected chi connectivity index (χ3v) is 5.62. The molecule has 2 aromatic rings. The van der Waals surface area contributed by atoms with E-state index in [2.05, 4.69) is 4.72 Å². The highest BCUT2D eigenvalue weighted by Gasteiger charge is 2.23. The molecule has 0 amide bonds. The van der Waals surface area contributed by atoms with Gasteiger partial charge < -0.3 is 5.11 Å². The van der Waals surface area contributed by atoms with Crippen LogP contribution in [0.25, 0.3) is 0 Å². The Hall–Kier alpha value is -1.86. The lowest BCUT2D eigenvalue weighted by molar-refractivity contribution is 0.0703. The molecule has 0 fully saturated rings. The second-order valence-electron chi connectivity index (χ2n) is 4.80. The summed E-state index contributed by atoms with van der Waals surface area (Å²) in [7, 11) is -3.82. The maximum absolute atomic E-state index is 12.5. The summed E-state index contributed by atoms with van der Waals surface area (Å²) >= 11 is 1.00. The molecule has 21 heavy (non-hydrogen) atoms. The van der Waals surface area contributed by atoms with Gasteiger partial charge in [0.2, 0.25) is 0 Å². The number of anilines is 1. The summed E-state index contributed by atoms with van der Waals surface area (Å²) in [5.74, 6) is -1.15. The summed E-state index contributed by atoms with van der Waals surface area (Å²) in [6.07, 6.45) is 0. The number of thiophene rings is 1. The monoisotopic (exact) mass is 325 g/mol. The zero-order valence-electron chi connectivity index (χ0n) is 11.8. The van der Waals surface area contributed by atoms with Crippen molar-refractivity contribution >= 4 is 33.0 Å². The zero-order chi connectivity index (χ0) is 15.8. The molecule has 1 aromatic carbocycles. The second-order valence-corrected chi connectivity index (χ2v) is 7.33. The molecule has 0 radical (unpaired) electrons. The van der Waals surface area contributed by atoms with Crippen LogP contribution in [-0.4, -0.2) is 19.5 Å². The predicted molar refractivity (Wildman–Crippen MR) is 82.7 cm³/mol. The van der Waals surface area contributed by atoms with Crippen molar-refractivity contribution in [1.29, 1.82) is 0 Å². The van der Waals surface area contributed by atoms with E-state index in [1.807, 2.05) is 6.07 Å². The van der Waals surface area contributed by atoms with Crippen LogP contribution in [-0.2, 0) is 10.0 Å². The van der Waals surface area contributed by atoms with E-state index in [9.17, 15) is 13.2 Å². The minimum atomic E-state index is -3.82. The molecule has 2 rings (SSSR count). The molecule has 7 heteroatoms.